The van der Waals surface area contributed by atoms with Gasteiger partial charge < -0.3 is 21.9 Å². The van der Waals surface area contributed by atoms with Gasteiger partial charge in [-0.25, -0.2) is 0 Å². The van der Waals surface area contributed by atoms with Crippen molar-refractivity contribution in [1.82, 2.24) is 0 Å². The van der Waals surface area contributed by atoms with Gasteiger partial charge in [-0.2, -0.15) is 0 Å². The van der Waals surface area contributed by atoms with Crippen molar-refractivity contribution < 1.29 is 5.11 Å². The van der Waals surface area contributed by atoms with E-state index in [0.717, 1.165) is 22.5 Å². The summed E-state index contributed by atoms with van der Waals surface area (Å²) in [6, 6.07) is 13.5. The van der Waals surface area contributed by atoms with Gasteiger partial charge in [0, 0.05) is 30.2 Å². The Balaban J connectivity index is 0.00000200. The van der Waals surface area contributed by atoms with Gasteiger partial charge in [0.15, 0.2) is 0 Å². The quantitative estimate of drug-likeness (QED) is 0.638. The molecule has 0 fully saturated rings. The summed E-state index contributed by atoms with van der Waals surface area (Å²) in [5, 5.41) is 12.3. The van der Waals surface area contributed by atoms with Gasteiger partial charge in [-0.05, 0) is 47.9 Å². The number of rotatable bonds is 5. The number of nitrogens with one attached hydrogen (secondary N) is 1. The Bertz CT molecular complexity index is 561. The summed E-state index contributed by atoms with van der Waals surface area (Å²) < 4.78 is 0. The van der Waals surface area contributed by atoms with Crippen molar-refractivity contribution in [2.24, 2.45) is 0 Å². The number of anilines is 3. The fourth-order valence-corrected chi connectivity index (χ4v) is 1.96. The molecule has 5 heteroatoms. The highest BCUT2D eigenvalue weighted by molar-refractivity contribution is 5.85. The Kier molecular flexibility index (Phi) is 6.15. The Morgan fingerprint density at radius 1 is 1.05 bits per heavy atom. The minimum Gasteiger partial charge on any atom is -0.399 e. The van der Waals surface area contributed by atoms with Crippen LogP contribution in [0.25, 0.3) is 0 Å². The minimum absolute atomic E-state index is 0. The summed E-state index contributed by atoms with van der Waals surface area (Å²) in [7, 11) is 0. The summed E-state index contributed by atoms with van der Waals surface area (Å²) in [4.78, 5) is 0. The average Bonchev–Trinajstić information content (AvgIpc) is 2.40. The summed E-state index contributed by atoms with van der Waals surface area (Å²) in [5.41, 5.74) is 16.1. The predicted molar refractivity (Wildman–Crippen MR) is 87.1 cm³/mol. The van der Waals surface area contributed by atoms with E-state index in [1.165, 1.54) is 0 Å². The van der Waals surface area contributed by atoms with Gasteiger partial charge in [-0.1, -0.05) is 12.1 Å². The van der Waals surface area contributed by atoms with E-state index in [1.54, 1.807) is 0 Å². The lowest BCUT2D eigenvalue weighted by molar-refractivity contribution is 0.300. The molecule has 2 aromatic rings. The van der Waals surface area contributed by atoms with Crippen LogP contribution >= 0.6 is 12.4 Å². The molecule has 2 aromatic carbocycles. The zero-order valence-electron chi connectivity index (χ0n) is 11.2. The maximum absolute atomic E-state index is 8.98. The van der Waals surface area contributed by atoms with Gasteiger partial charge in [0.25, 0.3) is 0 Å². The van der Waals surface area contributed by atoms with Gasteiger partial charge in [-0.15, -0.1) is 12.4 Å². The van der Waals surface area contributed by atoms with Crippen molar-refractivity contribution in [1.29, 1.82) is 0 Å². The largest absolute Gasteiger partial charge is 0.399 e. The molecular formula is C15H20ClN3O. The highest BCUT2D eigenvalue weighted by Crippen LogP contribution is 2.19. The maximum atomic E-state index is 8.98. The van der Waals surface area contributed by atoms with Gasteiger partial charge in [0.05, 0.1) is 0 Å². The number of hydrogen-bond donors (Lipinski definition) is 4. The third-order valence-corrected chi connectivity index (χ3v) is 2.97. The van der Waals surface area contributed by atoms with Crippen LogP contribution in [0.1, 0.15) is 11.1 Å². The summed E-state index contributed by atoms with van der Waals surface area (Å²) in [5.74, 6) is 0. The molecule has 0 atom stereocenters. The number of aliphatic hydroxyl groups is 1. The van der Waals surface area contributed by atoms with Crippen molar-refractivity contribution in [3.8, 4) is 0 Å². The predicted octanol–water partition coefficient (Wildman–Crippen LogP) is 2.42. The number of nitrogens with two attached hydrogens (primary N) is 2. The average molecular weight is 294 g/mol. The van der Waals surface area contributed by atoms with Crippen molar-refractivity contribution in [2.75, 3.05) is 23.4 Å². The van der Waals surface area contributed by atoms with Crippen molar-refractivity contribution >= 4 is 29.5 Å². The third-order valence-electron chi connectivity index (χ3n) is 2.97. The molecule has 0 aromatic heterocycles. The summed E-state index contributed by atoms with van der Waals surface area (Å²) in [6.07, 6.45) is 0.569. The molecule has 0 aliphatic heterocycles. The molecule has 0 saturated carbocycles. The highest BCUT2D eigenvalue weighted by atomic mass is 35.5. The lowest BCUT2D eigenvalue weighted by Gasteiger charge is -2.10. The third kappa shape index (κ3) is 4.33. The second-order valence-corrected chi connectivity index (χ2v) is 4.49. The molecule has 0 unspecified atom stereocenters. The van der Waals surface area contributed by atoms with Gasteiger partial charge >= 0.3 is 0 Å². The molecule has 108 valence electrons. The van der Waals surface area contributed by atoms with E-state index in [0.29, 0.717) is 18.7 Å². The van der Waals surface area contributed by atoms with Crippen LogP contribution in [0.3, 0.4) is 0 Å². The van der Waals surface area contributed by atoms with E-state index < -0.39 is 0 Å². The Morgan fingerprint density at radius 2 is 1.85 bits per heavy atom. The smallest absolute Gasteiger partial charge is 0.0472 e. The lowest BCUT2D eigenvalue weighted by Crippen LogP contribution is -2.03. The molecular weight excluding hydrogens is 274 g/mol. The van der Waals surface area contributed by atoms with Crippen LogP contribution in [0.15, 0.2) is 42.5 Å². The molecule has 0 spiro atoms. The fourth-order valence-electron chi connectivity index (χ4n) is 1.96. The molecule has 0 bridgehead atoms. The lowest BCUT2D eigenvalue weighted by atomic mass is 10.1. The fraction of sp³-hybridized carbons (Fsp3) is 0.200. The second-order valence-electron chi connectivity index (χ2n) is 4.49. The van der Waals surface area contributed by atoms with Crippen LogP contribution in [0.4, 0.5) is 17.1 Å². The highest BCUT2D eigenvalue weighted by Gasteiger charge is 2.01. The van der Waals surface area contributed by atoms with E-state index in [2.05, 4.69) is 5.32 Å². The number of hydrogen-bond acceptors (Lipinski definition) is 4. The van der Waals surface area contributed by atoms with Crippen LogP contribution in [0.2, 0.25) is 0 Å². The first-order valence-corrected chi connectivity index (χ1v) is 6.26. The molecule has 2 rings (SSSR count). The van der Waals surface area contributed by atoms with E-state index >= 15 is 0 Å². The Hall–Kier alpha value is -1.91. The SMILES string of the molecule is Cl.Nc1cccc(CNc2ccc(N)c(CCO)c2)c1. The number of benzene rings is 2. The normalized spacial score (nSPS) is 9.85. The molecule has 4 nitrogen and oxygen atoms in total. The van der Waals surface area contributed by atoms with Crippen LogP contribution in [0, 0.1) is 0 Å². The monoisotopic (exact) mass is 293 g/mol. The number of halogens is 1. The van der Waals surface area contributed by atoms with E-state index in [9.17, 15) is 0 Å². The molecule has 0 amide bonds. The van der Waals surface area contributed by atoms with Crippen molar-refractivity contribution in [3.05, 3.63) is 53.6 Å². The topological polar surface area (TPSA) is 84.3 Å². The van der Waals surface area contributed by atoms with Crippen LogP contribution < -0.4 is 16.8 Å². The van der Waals surface area contributed by atoms with Gasteiger partial charge in [0.1, 0.15) is 0 Å². The first-order chi connectivity index (χ1) is 9.19. The first kappa shape index (κ1) is 16.1. The maximum Gasteiger partial charge on any atom is 0.0472 e. The van der Waals surface area contributed by atoms with Crippen LogP contribution in [-0.2, 0) is 13.0 Å². The van der Waals surface area contributed by atoms with Crippen LogP contribution in [-0.4, -0.2) is 11.7 Å². The first-order valence-electron chi connectivity index (χ1n) is 6.26. The van der Waals surface area contributed by atoms with Gasteiger partial charge in [0.2, 0.25) is 0 Å². The molecule has 0 aliphatic carbocycles. The van der Waals surface area contributed by atoms with Gasteiger partial charge in [-0.3, -0.25) is 0 Å². The van der Waals surface area contributed by atoms with E-state index in [1.807, 2.05) is 42.5 Å². The zero-order chi connectivity index (χ0) is 13.7. The number of nitrogen functional groups attached to an aromatic ring is 2. The van der Waals surface area contributed by atoms with Crippen molar-refractivity contribution in [2.45, 2.75) is 13.0 Å². The molecule has 20 heavy (non-hydrogen) atoms. The zero-order valence-corrected chi connectivity index (χ0v) is 12.0. The Labute approximate surface area is 125 Å². The van der Waals surface area contributed by atoms with E-state index in [-0.39, 0.29) is 19.0 Å². The summed E-state index contributed by atoms with van der Waals surface area (Å²) in [6.45, 7) is 0.802. The molecule has 6 N–H and O–H groups in total. The van der Waals surface area contributed by atoms with E-state index in [4.69, 9.17) is 16.6 Å². The second kappa shape index (κ2) is 7.62. The van der Waals surface area contributed by atoms with Crippen LogP contribution in [0.5, 0.6) is 0 Å². The number of aliphatic hydroxyl groups excluding tert-OH is 1. The molecule has 0 heterocycles. The Morgan fingerprint density at radius 3 is 2.55 bits per heavy atom. The molecule has 0 aliphatic rings. The molecule has 0 saturated heterocycles. The van der Waals surface area contributed by atoms with Crippen molar-refractivity contribution in [3.63, 3.8) is 0 Å². The standard InChI is InChI=1S/C15H19N3O.ClH/c16-13-3-1-2-11(8-13)10-18-14-4-5-15(17)12(9-14)6-7-19;/h1-5,8-9,18-19H,6-7,10,16-17H2;1H. The minimum atomic E-state index is 0. The summed E-state index contributed by atoms with van der Waals surface area (Å²) >= 11 is 0. The molecule has 0 radical (unpaired) electrons.